The van der Waals surface area contributed by atoms with Gasteiger partial charge in [0.25, 0.3) is 0 Å². The van der Waals surface area contributed by atoms with Gasteiger partial charge in [0.2, 0.25) is 0 Å². The van der Waals surface area contributed by atoms with Crippen molar-refractivity contribution in [1.29, 1.82) is 0 Å². The van der Waals surface area contributed by atoms with Gasteiger partial charge in [0.1, 0.15) is 0 Å². The first-order chi connectivity index (χ1) is 8.22. The predicted octanol–water partition coefficient (Wildman–Crippen LogP) is 1.09. The lowest BCUT2D eigenvalue weighted by atomic mass is 10.2. The number of nitrogens with zero attached hydrogens (tertiary/aromatic N) is 2. The number of aromatic nitrogens is 1. The van der Waals surface area contributed by atoms with E-state index in [1.165, 1.54) is 0 Å². The van der Waals surface area contributed by atoms with Crippen molar-refractivity contribution in [2.45, 2.75) is 13.5 Å². The molecule has 0 fully saturated rings. The number of hydrogen-bond donors (Lipinski definition) is 2. The summed E-state index contributed by atoms with van der Waals surface area (Å²) >= 11 is 0. The molecule has 1 aromatic heterocycles. The topological polar surface area (TPSA) is 48.4 Å². The van der Waals surface area contributed by atoms with E-state index in [0.29, 0.717) is 6.54 Å². The number of aliphatic hydroxyl groups is 1. The molecule has 1 aromatic rings. The van der Waals surface area contributed by atoms with Crippen molar-refractivity contribution >= 4 is 5.69 Å². The number of anilines is 1. The van der Waals surface area contributed by atoms with Crippen LogP contribution in [0.5, 0.6) is 0 Å². The molecule has 1 heterocycles. The van der Waals surface area contributed by atoms with Crippen LogP contribution in [0, 0.1) is 6.92 Å². The Morgan fingerprint density at radius 1 is 1.59 bits per heavy atom. The van der Waals surface area contributed by atoms with Crippen molar-refractivity contribution < 1.29 is 5.11 Å². The highest BCUT2D eigenvalue weighted by Gasteiger charge is 2.10. The summed E-state index contributed by atoms with van der Waals surface area (Å²) in [5.74, 6) is 0. The fourth-order valence-corrected chi connectivity index (χ4v) is 1.78. The zero-order valence-corrected chi connectivity index (χ0v) is 10.6. The van der Waals surface area contributed by atoms with E-state index in [1.54, 1.807) is 0 Å². The number of aryl methyl sites for hydroxylation is 1. The lowest BCUT2D eigenvalue weighted by Crippen LogP contribution is -2.28. The quantitative estimate of drug-likeness (QED) is 0.695. The molecule has 2 N–H and O–H groups in total. The predicted molar refractivity (Wildman–Crippen MR) is 71.2 cm³/mol. The zero-order valence-electron chi connectivity index (χ0n) is 10.6. The Kier molecular flexibility index (Phi) is 5.66. The molecule has 0 amide bonds. The average Bonchev–Trinajstić information content (AvgIpc) is 2.31. The van der Waals surface area contributed by atoms with Gasteiger partial charge >= 0.3 is 0 Å². The van der Waals surface area contributed by atoms with E-state index in [9.17, 15) is 0 Å². The molecule has 0 aromatic carbocycles. The lowest BCUT2D eigenvalue weighted by Gasteiger charge is -2.25. The summed E-state index contributed by atoms with van der Waals surface area (Å²) in [4.78, 5) is 6.41. The van der Waals surface area contributed by atoms with Crippen molar-refractivity contribution in [2.24, 2.45) is 0 Å². The van der Waals surface area contributed by atoms with Crippen LogP contribution in [0.3, 0.4) is 0 Å². The van der Waals surface area contributed by atoms with Crippen LogP contribution in [0.4, 0.5) is 5.69 Å². The molecule has 94 valence electrons. The first-order valence-electron chi connectivity index (χ1n) is 5.79. The Balaban J connectivity index is 3.04. The molecule has 17 heavy (non-hydrogen) atoms. The molecule has 0 aliphatic carbocycles. The Bertz CT molecular complexity index is 366. The first kappa shape index (κ1) is 13.7. The van der Waals surface area contributed by atoms with Crippen LogP contribution in [0.25, 0.3) is 0 Å². The van der Waals surface area contributed by atoms with Gasteiger partial charge in [-0.1, -0.05) is 6.08 Å². The summed E-state index contributed by atoms with van der Waals surface area (Å²) in [5.41, 5.74) is 3.22. The molecule has 4 heteroatoms. The third kappa shape index (κ3) is 3.84. The maximum atomic E-state index is 9.11. The van der Waals surface area contributed by atoms with Gasteiger partial charge < -0.3 is 15.3 Å². The maximum absolute atomic E-state index is 9.11. The highest BCUT2D eigenvalue weighted by Crippen LogP contribution is 2.20. The van der Waals surface area contributed by atoms with Crippen LogP contribution in [0.15, 0.2) is 24.9 Å². The molecule has 0 unspecified atom stereocenters. The van der Waals surface area contributed by atoms with E-state index in [4.69, 9.17) is 5.11 Å². The SMILES string of the molecule is C=CCN(CCO)c1cc(C)ncc1CNC. The second kappa shape index (κ2) is 7.04. The minimum Gasteiger partial charge on any atom is -0.395 e. The number of nitrogens with one attached hydrogen (secondary N) is 1. The van der Waals surface area contributed by atoms with E-state index >= 15 is 0 Å². The average molecular weight is 235 g/mol. The minimum absolute atomic E-state index is 0.133. The Hall–Kier alpha value is -1.39. The first-order valence-corrected chi connectivity index (χ1v) is 5.79. The number of aliphatic hydroxyl groups excluding tert-OH is 1. The smallest absolute Gasteiger partial charge is 0.0606 e. The molecule has 0 aliphatic heterocycles. The van der Waals surface area contributed by atoms with Crippen LogP contribution in [-0.2, 0) is 6.54 Å². The third-order valence-electron chi connectivity index (χ3n) is 2.53. The summed E-state index contributed by atoms with van der Waals surface area (Å²) in [7, 11) is 1.91. The molecule has 0 atom stereocenters. The van der Waals surface area contributed by atoms with Crippen molar-refractivity contribution in [3.8, 4) is 0 Å². The molecule has 0 spiro atoms. The van der Waals surface area contributed by atoms with Crippen LogP contribution in [0.2, 0.25) is 0 Å². The summed E-state index contributed by atoms with van der Waals surface area (Å²) < 4.78 is 0. The Labute approximate surface area is 103 Å². The second-order valence-electron chi connectivity index (χ2n) is 3.94. The van der Waals surface area contributed by atoms with Crippen LogP contribution < -0.4 is 10.2 Å². The monoisotopic (exact) mass is 235 g/mol. The molecule has 1 rings (SSSR count). The van der Waals surface area contributed by atoms with Crippen LogP contribution in [-0.4, -0.2) is 36.8 Å². The fraction of sp³-hybridized carbons (Fsp3) is 0.462. The Morgan fingerprint density at radius 3 is 2.94 bits per heavy atom. The van der Waals surface area contributed by atoms with Gasteiger partial charge in [-0.25, -0.2) is 0 Å². The molecule has 0 aliphatic rings. The molecule has 0 saturated carbocycles. The number of hydrogen-bond acceptors (Lipinski definition) is 4. The largest absolute Gasteiger partial charge is 0.395 e. The highest BCUT2D eigenvalue weighted by molar-refractivity contribution is 5.54. The molecule has 0 bridgehead atoms. The fourth-order valence-electron chi connectivity index (χ4n) is 1.78. The van der Waals surface area contributed by atoms with Gasteiger partial charge in [0.15, 0.2) is 0 Å². The summed E-state index contributed by atoms with van der Waals surface area (Å²) in [6.07, 6.45) is 3.73. The molecule has 0 saturated heterocycles. The summed E-state index contributed by atoms with van der Waals surface area (Å²) in [6, 6.07) is 2.05. The zero-order chi connectivity index (χ0) is 12.7. The van der Waals surface area contributed by atoms with E-state index in [-0.39, 0.29) is 6.61 Å². The van der Waals surface area contributed by atoms with Gasteiger partial charge in [-0.15, -0.1) is 6.58 Å². The van der Waals surface area contributed by atoms with Gasteiger partial charge in [-0.3, -0.25) is 4.98 Å². The van der Waals surface area contributed by atoms with Gasteiger partial charge in [-0.05, 0) is 20.0 Å². The standard InChI is InChI=1S/C13H21N3O/c1-4-5-16(6-7-17)13-8-11(2)15-10-12(13)9-14-3/h4,8,10,14,17H,1,5-7,9H2,2-3H3. The number of pyridine rings is 1. The molecule has 0 radical (unpaired) electrons. The van der Waals surface area contributed by atoms with E-state index in [1.807, 2.05) is 32.3 Å². The van der Waals surface area contributed by atoms with Crippen molar-refractivity contribution in [2.75, 3.05) is 31.6 Å². The lowest BCUT2D eigenvalue weighted by molar-refractivity contribution is 0.303. The highest BCUT2D eigenvalue weighted by atomic mass is 16.3. The Morgan fingerprint density at radius 2 is 2.35 bits per heavy atom. The van der Waals surface area contributed by atoms with Crippen LogP contribution in [0.1, 0.15) is 11.3 Å². The van der Waals surface area contributed by atoms with Crippen molar-refractivity contribution in [1.82, 2.24) is 10.3 Å². The molecule has 4 nitrogen and oxygen atoms in total. The summed E-state index contributed by atoms with van der Waals surface area (Å²) in [5, 5.41) is 12.2. The number of rotatable bonds is 7. The summed E-state index contributed by atoms with van der Waals surface area (Å²) in [6.45, 7) is 7.95. The normalized spacial score (nSPS) is 10.3. The van der Waals surface area contributed by atoms with E-state index < -0.39 is 0 Å². The molecular weight excluding hydrogens is 214 g/mol. The van der Waals surface area contributed by atoms with E-state index in [0.717, 1.165) is 30.0 Å². The van der Waals surface area contributed by atoms with E-state index in [2.05, 4.69) is 21.8 Å². The van der Waals surface area contributed by atoms with Crippen molar-refractivity contribution in [3.63, 3.8) is 0 Å². The van der Waals surface area contributed by atoms with Crippen LogP contribution >= 0.6 is 0 Å². The van der Waals surface area contributed by atoms with Gasteiger partial charge in [0, 0.05) is 42.8 Å². The van der Waals surface area contributed by atoms with Crippen molar-refractivity contribution in [3.05, 3.63) is 36.2 Å². The van der Waals surface area contributed by atoms with Gasteiger partial charge in [0.05, 0.1) is 6.61 Å². The molecular formula is C13H21N3O. The van der Waals surface area contributed by atoms with Gasteiger partial charge in [-0.2, -0.15) is 0 Å². The maximum Gasteiger partial charge on any atom is 0.0606 e. The minimum atomic E-state index is 0.133. The second-order valence-corrected chi connectivity index (χ2v) is 3.94. The third-order valence-corrected chi connectivity index (χ3v) is 2.53.